The van der Waals surface area contributed by atoms with Gasteiger partial charge in [-0.25, -0.2) is 0 Å². The van der Waals surface area contributed by atoms with Gasteiger partial charge in [-0.05, 0) is 37.3 Å². The monoisotopic (exact) mass is 302 g/mol. The van der Waals surface area contributed by atoms with Crippen LogP contribution in [-0.2, 0) is 0 Å². The molecule has 0 amide bonds. The summed E-state index contributed by atoms with van der Waals surface area (Å²) in [5.41, 5.74) is 7.84. The Morgan fingerprint density at radius 1 is 1.22 bits per heavy atom. The zero-order valence-electron chi connectivity index (χ0n) is 9.77. The molecule has 2 aromatic carbocycles. The van der Waals surface area contributed by atoms with Gasteiger partial charge in [0.05, 0.1) is 5.56 Å². The largest absolute Gasteiger partial charge is 0.456 e. The smallest absolute Gasteiger partial charge is 0.146 e. The Balaban J connectivity index is 2.43. The number of nitrogens with two attached hydrogens (primary N) is 1. The first-order valence-electron chi connectivity index (χ1n) is 5.34. The van der Waals surface area contributed by atoms with E-state index in [2.05, 4.69) is 22.0 Å². The van der Waals surface area contributed by atoms with Gasteiger partial charge < -0.3 is 10.5 Å². The summed E-state index contributed by atoms with van der Waals surface area (Å²) in [6.07, 6.45) is 0. The van der Waals surface area contributed by atoms with E-state index in [9.17, 15) is 0 Å². The van der Waals surface area contributed by atoms with Crippen LogP contribution in [0.3, 0.4) is 0 Å². The van der Waals surface area contributed by atoms with Crippen molar-refractivity contribution in [2.24, 2.45) is 0 Å². The Labute approximate surface area is 114 Å². The lowest BCUT2D eigenvalue weighted by Gasteiger charge is -2.11. The van der Waals surface area contributed by atoms with Gasteiger partial charge in [0.25, 0.3) is 0 Å². The second-order valence-corrected chi connectivity index (χ2v) is 4.74. The lowest BCUT2D eigenvalue weighted by atomic mass is 10.2. The second kappa shape index (κ2) is 5.11. The standard InChI is InChI=1S/C14H11BrN2O/c1-9-12(17)3-2-4-13(9)18-14-7-11(15)6-5-10(14)8-16/h2-7H,17H2,1H3. The average molecular weight is 303 g/mol. The molecule has 0 saturated carbocycles. The van der Waals surface area contributed by atoms with Crippen LogP contribution in [0.25, 0.3) is 0 Å². The van der Waals surface area contributed by atoms with Gasteiger partial charge in [0.2, 0.25) is 0 Å². The van der Waals surface area contributed by atoms with Crippen molar-refractivity contribution >= 4 is 21.6 Å². The molecule has 0 saturated heterocycles. The number of hydrogen-bond donors (Lipinski definition) is 1. The maximum absolute atomic E-state index is 9.04. The molecular weight excluding hydrogens is 292 g/mol. The summed E-state index contributed by atoms with van der Waals surface area (Å²) in [5, 5.41) is 9.04. The van der Waals surface area contributed by atoms with E-state index < -0.39 is 0 Å². The molecule has 2 N–H and O–H groups in total. The van der Waals surface area contributed by atoms with Crippen LogP contribution in [0.2, 0.25) is 0 Å². The Hall–Kier alpha value is -1.99. The first-order chi connectivity index (χ1) is 8.61. The number of halogens is 1. The molecule has 0 spiro atoms. The fourth-order valence-corrected chi connectivity index (χ4v) is 1.87. The third kappa shape index (κ3) is 2.47. The van der Waals surface area contributed by atoms with E-state index in [-0.39, 0.29) is 0 Å². The minimum Gasteiger partial charge on any atom is -0.456 e. The van der Waals surface area contributed by atoms with Crippen molar-refractivity contribution in [3.05, 3.63) is 52.0 Å². The number of rotatable bonds is 2. The van der Waals surface area contributed by atoms with Gasteiger partial charge in [-0.15, -0.1) is 0 Å². The molecule has 2 aromatic rings. The van der Waals surface area contributed by atoms with Gasteiger partial charge in [0, 0.05) is 15.7 Å². The van der Waals surface area contributed by atoms with E-state index >= 15 is 0 Å². The molecule has 0 aromatic heterocycles. The maximum atomic E-state index is 9.04. The van der Waals surface area contributed by atoms with Crippen molar-refractivity contribution in [3.63, 3.8) is 0 Å². The van der Waals surface area contributed by atoms with E-state index in [1.165, 1.54) is 0 Å². The number of hydrogen-bond acceptors (Lipinski definition) is 3. The second-order valence-electron chi connectivity index (χ2n) is 3.82. The summed E-state index contributed by atoms with van der Waals surface area (Å²) in [7, 11) is 0. The van der Waals surface area contributed by atoms with Crippen LogP contribution in [0.15, 0.2) is 40.9 Å². The topological polar surface area (TPSA) is 59.0 Å². The number of nitrogen functional groups attached to an aromatic ring is 1. The van der Waals surface area contributed by atoms with Crippen molar-refractivity contribution in [3.8, 4) is 17.6 Å². The highest BCUT2D eigenvalue weighted by molar-refractivity contribution is 9.10. The summed E-state index contributed by atoms with van der Waals surface area (Å²) in [6.45, 7) is 1.88. The zero-order chi connectivity index (χ0) is 13.1. The van der Waals surface area contributed by atoms with E-state index in [1.54, 1.807) is 18.2 Å². The molecule has 2 rings (SSSR count). The third-order valence-electron chi connectivity index (χ3n) is 2.61. The highest BCUT2D eigenvalue weighted by atomic mass is 79.9. The van der Waals surface area contributed by atoms with Crippen molar-refractivity contribution in [1.82, 2.24) is 0 Å². The third-order valence-corrected chi connectivity index (χ3v) is 3.10. The summed E-state index contributed by atoms with van der Waals surface area (Å²) in [5.74, 6) is 1.17. The molecule has 0 aliphatic heterocycles. The molecule has 3 nitrogen and oxygen atoms in total. The van der Waals surface area contributed by atoms with Crippen LogP contribution in [-0.4, -0.2) is 0 Å². The predicted octanol–water partition coefficient (Wildman–Crippen LogP) is 4.00. The molecule has 0 radical (unpaired) electrons. The number of nitrogens with zero attached hydrogens (tertiary/aromatic N) is 1. The van der Waals surface area contributed by atoms with Crippen LogP contribution >= 0.6 is 15.9 Å². The minimum atomic E-state index is 0.486. The first-order valence-corrected chi connectivity index (χ1v) is 6.13. The molecule has 0 aliphatic rings. The molecule has 18 heavy (non-hydrogen) atoms. The Morgan fingerprint density at radius 2 is 2.00 bits per heavy atom. The number of nitriles is 1. The van der Waals surface area contributed by atoms with Gasteiger partial charge in [-0.1, -0.05) is 22.0 Å². The van der Waals surface area contributed by atoms with Gasteiger partial charge >= 0.3 is 0 Å². The molecule has 90 valence electrons. The first kappa shape index (κ1) is 12.5. The Morgan fingerprint density at radius 3 is 2.72 bits per heavy atom. The molecule has 0 heterocycles. The summed E-state index contributed by atoms with van der Waals surface area (Å²) in [4.78, 5) is 0. The fraction of sp³-hybridized carbons (Fsp3) is 0.0714. The van der Waals surface area contributed by atoms with E-state index in [0.29, 0.717) is 22.7 Å². The highest BCUT2D eigenvalue weighted by Crippen LogP contribution is 2.31. The Kier molecular flexibility index (Phi) is 3.54. The van der Waals surface area contributed by atoms with Crippen molar-refractivity contribution in [2.75, 3.05) is 5.73 Å². The number of benzene rings is 2. The minimum absolute atomic E-state index is 0.486. The normalized spacial score (nSPS) is 9.83. The molecule has 4 heteroatoms. The van der Waals surface area contributed by atoms with E-state index in [0.717, 1.165) is 10.0 Å². The predicted molar refractivity (Wildman–Crippen MR) is 74.5 cm³/mol. The van der Waals surface area contributed by atoms with Crippen LogP contribution in [0.1, 0.15) is 11.1 Å². The molecule has 0 atom stereocenters. The van der Waals surface area contributed by atoms with E-state index in [1.807, 2.05) is 25.1 Å². The fourth-order valence-electron chi connectivity index (χ4n) is 1.53. The lowest BCUT2D eigenvalue weighted by Crippen LogP contribution is -1.94. The van der Waals surface area contributed by atoms with Crippen LogP contribution in [0, 0.1) is 18.3 Å². The van der Waals surface area contributed by atoms with Crippen LogP contribution in [0.5, 0.6) is 11.5 Å². The zero-order valence-corrected chi connectivity index (χ0v) is 11.4. The van der Waals surface area contributed by atoms with Crippen molar-refractivity contribution in [2.45, 2.75) is 6.92 Å². The Bertz CT molecular complexity index is 632. The van der Waals surface area contributed by atoms with Gasteiger partial charge in [0.1, 0.15) is 17.6 Å². The molecule has 0 aliphatic carbocycles. The van der Waals surface area contributed by atoms with Gasteiger partial charge in [-0.3, -0.25) is 0 Å². The molecule has 0 fully saturated rings. The van der Waals surface area contributed by atoms with Crippen LogP contribution < -0.4 is 10.5 Å². The number of anilines is 1. The summed E-state index contributed by atoms with van der Waals surface area (Å²) in [6, 6.07) is 12.8. The summed E-state index contributed by atoms with van der Waals surface area (Å²) < 4.78 is 6.62. The quantitative estimate of drug-likeness (QED) is 0.853. The maximum Gasteiger partial charge on any atom is 0.146 e. The van der Waals surface area contributed by atoms with Gasteiger partial charge in [0.15, 0.2) is 0 Å². The average Bonchev–Trinajstić information content (AvgIpc) is 2.35. The highest BCUT2D eigenvalue weighted by Gasteiger charge is 2.08. The van der Waals surface area contributed by atoms with Crippen molar-refractivity contribution in [1.29, 1.82) is 5.26 Å². The summed E-state index contributed by atoms with van der Waals surface area (Å²) >= 11 is 3.36. The lowest BCUT2D eigenvalue weighted by molar-refractivity contribution is 0.477. The van der Waals surface area contributed by atoms with Crippen molar-refractivity contribution < 1.29 is 4.74 Å². The van der Waals surface area contributed by atoms with Gasteiger partial charge in [-0.2, -0.15) is 5.26 Å². The SMILES string of the molecule is Cc1c(N)cccc1Oc1cc(Br)ccc1C#N. The molecule has 0 bridgehead atoms. The molecular formula is C14H11BrN2O. The molecule has 0 unspecified atom stereocenters. The number of ether oxygens (including phenoxy) is 1. The van der Waals surface area contributed by atoms with E-state index in [4.69, 9.17) is 15.7 Å². The van der Waals surface area contributed by atoms with Crippen LogP contribution in [0.4, 0.5) is 5.69 Å².